The zero-order chi connectivity index (χ0) is 17.5. The maximum Gasteiger partial charge on any atom is 0.239 e. The van der Waals surface area contributed by atoms with Gasteiger partial charge in [0.05, 0.1) is 12.1 Å². The van der Waals surface area contributed by atoms with Crippen LogP contribution in [0.1, 0.15) is 37.8 Å². The first-order valence-electron chi connectivity index (χ1n) is 9.11. The van der Waals surface area contributed by atoms with E-state index in [4.69, 9.17) is 0 Å². The second kappa shape index (κ2) is 8.60. The average molecular weight is 339 g/mol. The van der Waals surface area contributed by atoms with Crippen molar-refractivity contribution in [3.8, 4) is 0 Å². The van der Waals surface area contributed by atoms with Gasteiger partial charge in [0.25, 0.3) is 0 Å². The Labute approximate surface area is 148 Å². The minimum absolute atomic E-state index is 0.0882. The molecule has 0 saturated carbocycles. The van der Waals surface area contributed by atoms with E-state index in [1.807, 2.05) is 30.3 Å². The predicted molar refractivity (Wildman–Crippen MR) is 98.1 cm³/mol. The van der Waals surface area contributed by atoms with Crippen molar-refractivity contribution in [2.75, 3.05) is 19.6 Å². The van der Waals surface area contributed by atoms with Crippen LogP contribution in [0.5, 0.6) is 0 Å². The number of benzene rings is 1. The first-order chi connectivity index (χ1) is 12.2. The van der Waals surface area contributed by atoms with Gasteiger partial charge in [-0.3, -0.25) is 14.6 Å². The van der Waals surface area contributed by atoms with Gasteiger partial charge in [-0.25, -0.2) is 0 Å². The largest absolute Gasteiger partial charge is 0.354 e. The summed E-state index contributed by atoms with van der Waals surface area (Å²) < 4.78 is 0. The van der Waals surface area contributed by atoms with Crippen LogP contribution in [0.4, 0.5) is 0 Å². The normalized spacial score (nSPS) is 15.7. The molecule has 1 aliphatic rings. The maximum atomic E-state index is 12.1. The number of carbonyl (C=O) groups excluding carboxylic acids is 2. The molecule has 0 radical (unpaired) electrons. The molecule has 0 bridgehead atoms. The molecule has 1 N–H and O–H groups in total. The molecule has 132 valence electrons. The van der Waals surface area contributed by atoms with Crippen molar-refractivity contribution < 1.29 is 9.59 Å². The van der Waals surface area contributed by atoms with Gasteiger partial charge in [-0.1, -0.05) is 37.1 Å². The van der Waals surface area contributed by atoms with Gasteiger partial charge in [-0.15, -0.1) is 0 Å². The van der Waals surface area contributed by atoms with E-state index in [-0.39, 0.29) is 18.4 Å². The molecule has 5 nitrogen and oxygen atoms in total. The van der Waals surface area contributed by atoms with Crippen LogP contribution < -0.4 is 5.32 Å². The highest BCUT2D eigenvalue weighted by Crippen LogP contribution is 2.12. The van der Waals surface area contributed by atoms with Gasteiger partial charge in [0.2, 0.25) is 11.8 Å². The average Bonchev–Trinajstić information content (AvgIpc) is 2.61. The highest BCUT2D eigenvalue weighted by molar-refractivity contribution is 5.84. The molecule has 2 heterocycles. The minimum atomic E-state index is -0.0882. The SMILES string of the molecule is O=C(CN1CCCCCCC1=O)NCCc1ccc2ccccc2n1. The number of nitrogens with zero attached hydrogens (tertiary/aromatic N) is 2. The molecular formula is C20H25N3O2. The third-order valence-electron chi connectivity index (χ3n) is 4.62. The van der Waals surface area contributed by atoms with E-state index < -0.39 is 0 Å². The van der Waals surface area contributed by atoms with Crippen molar-refractivity contribution in [2.45, 2.75) is 38.5 Å². The quantitative estimate of drug-likeness (QED) is 0.911. The number of hydrogen-bond acceptors (Lipinski definition) is 3. The molecule has 1 aromatic carbocycles. The summed E-state index contributed by atoms with van der Waals surface area (Å²) in [6.45, 7) is 1.40. The number of likely N-dealkylation sites (tertiary alicyclic amines) is 1. The Kier molecular flexibility index (Phi) is 5.99. The molecule has 25 heavy (non-hydrogen) atoms. The smallest absolute Gasteiger partial charge is 0.239 e. The molecule has 3 rings (SSSR count). The number of carbonyl (C=O) groups is 2. The molecule has 2 amide bonds. The molecule has 5 heteroatoms. The summed E-state index contributed by atoms with van der Waals surface area (Å²) in [5.41, 5.74) is 1.93. The van der Waals surface area contributed by atoms with E-state index in [1.54, 1.807) is 4.90 Å². The molecule has 1 saturated heterocycles. The van der Waals surface area contributed by atoms with Gasteiger partial charge in [0.15, 0.2) is 0 Å². The van der Waals surface area contributed by atoms with Gasteiger partial charge in [0, 0.05) is 37.0 Å². The molecule has 0 atom stereocenters. The number of para-hydroxylation sites is 1. The van der Waals surface area contributed by atoms with Gasteiger partial charge >= 0.3 is 0 Å². The van der Waals surface area contributed by atoms with Gasteiger partial charge in [-0.05, 0) is 25.0 Å². The maximum absolute atomic E-state index is 12.1. The monoisotopic (exact) mass is 339 g/mol. The van der Waals surface area contributed by atoms with E-state index >= 15 is 0 Å². The molecule has 1 fully saturated rings. The van der Waals surface area contributed by atoms with Crippen LogP contribution in [0.25, 0.3) is 10.9 Å². The van der Waals surface area contributed by atoms with E-state index in [0.717, 1.165) is 42.3 Å². The van der Waals surface area contributed by atoms with Crippen LogP contribution in [0.3, 0.4) is 0 Å². The van der Waals surface area contributed by atoms with Crippen LogP contribution in [0, 0.1) is 0 Å². The second-order valence-corrected chi connectivity index (χ2v) is 6.57. The zero-order valence-electron chi connectivity index (χ0n) is 14.5. The molecular weight excluding hydrogens is 314 g/mol. The van der Waals surface area contributed by atoms with Crippen LogP contribution in [0.15, 0.2) is 36.4 Å². The Balaban J connectivity index is 1.47. The Bertz CT molecular complexity index is 745. The minimum Gasteiger partial charge on any atom is -0.354 e. The van der Waals surface area contributed by atoms with Crippen LogP contribution in [-0.4, -0.2) is 41.3 Å². The Morgan fingerprint density at radius 1 is 1.08 bits per heavy atom. The Hall–Kier alpha value is -2.43. The molecule has 2 aromatic rings. The summed E-state index contributed by atoms with van der Waals surface area (Å²) in [7, 11) is 0. The van der Waals surface area contributed by atoms with Crippen molar-refractivity contribution >= 4 is 22.7 Å². The topological polar surface area (TPSA) is 62.3 Å². The van der Waals surface area contributed by atoms with Crippen LogP contribution in [-0.2, 0) is 16.0 Å². The van der Waals surface area contributed by atoms with Crippen molar-refractivity contribution in [3.05, 3.63) is 42.1 Å². The number of amides is 2. The van der Waals surface area contributed by atoms with Crippen LogP contribution in [0.2, 0.25) is 0 Å². The molecule has 0 aliphatic carbocycles. The first kappa shape index (κ1) is 17.4. The van der Waals surface area contributed by atoms with Crippen LogP contribution >= 0.6 is 0 Å². The number of pyridine rings is 1. The van der Waals surface area contributed by atoms with Gasteiger partial charge in [0.1, 0.15) is 0 Å². The second-order valence-electron chi connectivity index (χ2n) is 6.57. The number of fused-ring (bicyclic) bond motifs is 1. The number of hydrogen-bond donors (Lipinski definition) is 1. The third-order valence-corrected chi connectivity index (χ3v) is 4.62. The van der Waals surface area contributed by atoms with Crippen molar-refractivity contribution in [1.29, 1.82) is 0 Å². The molecule has 0 unspecified atom stereocenters. The number of aromatic nitrogens is 1. The molecule has 1 aliphatic heterocycles. The predicted octanol–water partition coefficient (Wildman–Crippen LogP) is 2.69. The van der Waals surface area contributed by atoms with E-state index in [2.05, 4.69) is 16.4 Å². The molecule has 0 spiro atoms. The Morgan fingerprint density at radius 3 is 2.84 bits per heavy atom. The fourth-order valence-corrected chi connectivity index (χ4v) is 3.19. The summed E-state index contributed by atoms with van der Waals surface area (Å²) in [6.07, 6.45) is 5.42. The van der Waals surface area contributed by atoms with Crippen molar-refractivity contribution in [2.24, 2.45) is 0 Å². The lowest BCUT2D eigenvalue weighted by Gasteiger charge is -2.24. The third kappa shape index (κ3) is 5.02. The van der Waals surface area contributed by atoms with Gasteiger partial charge in [-0.2, -0.15) is 0 Å². The van der Waals surface area contributed by atoms with E-state index in [0.29, 0.717) is 25.9 Å². The summed E-state index contributed by atoms with van der Waals surface area (Å²) >= 11 is 0. The zero-order valence-corrected chi connectivity index (χ0v) is 14.5. The van der Waals surface area contributed by atoms with Gasteiger partial charge < -0.3 is 10.2 Å². The standard InChI is InChI=1S/C20H25N3O2/c24-19(15-23-14-6-2-1-3-9-20(23)25)21-13-12-17-11-10-16-7-4-5-8-18(16)22-17/h4-5,7-8,10-11H,1-3,6,9,12-15H2,(H,21,24). The first-order valence-corrected chi connectivity index (χ1v) is 9.11. The fraction of sp³-hybridized carbons (Fsp3) is 0.450. The van der Waals surface area contributed by atoms with E-state index in [1.165, 1.54) is 0 Å². The lowest BCUT2D eigenvalue weighted by molar-refractivity contribution is -0.136. The number of rotatable bonds is 5. The van der Waals surface area contributed by atoms with E-state index in [9.17, 15) is 9.59 Å². The number of nitrogens with one attached hydrogen (secondary N) is 1. The lowest BCUT2D eigenvalue weighted by atomic mass is 10.1. The lowest BCUT2D eigenvalue weighted by Crippen LogP contribution is -2.42. The summed E-state index contributed by atoms with van der Waals surface area (Å²) in [4.78, 5) is 30.5. The highest BCUT2D eigenvalue weighted by atomic mass is 16.2. The Morgan fingerprint density at radius 2 is 1.92 bits per heavy atom. The van der Waals surface area contributed by atoms with Crippen molar-refractivity contribution in [1.82, 2.24) is 15.2 Å². The molecule has 1 aromatic heterocycles. The summed E-state index contributed by atoms with van der Waals surface area (Å²) in [6, 6.07) is 12.0. The summed E-state index contributed by atoms with van der Waals surface area (Å²) in [5.74, 6) is 0.0146. The highest BCUT2D eigenvalue weighted by Gasteiger charge is 2.18. The fourth-order valence-electron chi connectivity index (χ4n) is 3.19. The van der Waals surface area contributed by atoms with Crippen molar-refractivity contribution in [3.63, 3.8) is 0 Å². The summed E-state index contributed by atoms with van der Waals surface area (Å²) in [5, 5.41) is 4.03.